The van der Waals surface area contributed by atoms with Crippen molar-refractivity contribution in [1.29, 1.82) is 5.26 Å². The van der Waals surface area contributed by atoms with E-state index in [0.717, 1.165) is 43.2 Å². The van der Waals surface area contributed by atoms with Crippen molar-refractivity contribution in [1.82, 2.24) is 0 Å². The first-order valence-corrected chi connectivity index (χ1v) is 9.31. The summed E-state index contributed by atoms with van der Waals surface area (Å²) in [5.74, 6) is -1.06. The van der Waals surface area contributed by atoms with E-state index in [4.69, 9.17) is 5.26 Å². The topological polar surface area (TPSA) is 23.8 Å². The van der Waals surface area contributed by atoms with E-state index in [9.17, 15) is 13.2 Å². The van der Waals surface area contributed by atoms with Gasteiger partial charge in [0, 0.05) is 0 Å². The standard InChI is InChI=1S/C23H22F3N/c1-2-15-7-10-19(21(24)11-15)18-8-5-16(6-9-18)3-4-17-12-22(25)20(14-27)23(26)13-17/h2,7,10-13,16,18H,1,3-6,8-9H2. The Bertz CT molecular complexity index is 851. The molecule has 1 nitrogen and oxygen atoms in total. The van der Waals surface area contributed by atoms with Crippen LogP contribution in [0.15, 0.2) is 36.9 Å². The Balaban J connectivity index is 1.56. The second-order valence-corrected chi connectivity index (χ2v) is 7.29. The van der Waals surface area contributed by atoms with Crippen LogP contribution in [-0.4, -0.2) is 0 Å². The molecule has 0 unspecified atom stereocenters. The zero-order chi connectivity index (χ0) is 19.4. The maximum absolute atomic E-state index is 14.3. The Morgan fingerprint density at radius 1 is 1.00 bits per heavy atom. The van der Waals surface area contributed by atoms with Crippen molar-refractivity contribution in [3.63, 3.8) is 0 Å². The zero-order valence-corrected chi connectivity index (χ0v) is 15.1. The highest BCUT2D eigenvalue weighted by Crippen LogP contribution is 2.38. The van der Waals surface area contributed by atoms with Gasteiger partial charge < -0.3 is 0 Å². The summed E-state index contributed by atoms with van der Waals surface area (Å²) in [4.78, 5) is 0. The maximum atomic E-state index is 14.3. The van der Waals surface area contributed by atoms with Crippen molar-refractivity contribution in [2.75, 3.05) is 0 Å². The number of nitrogens with zero attached hydrogens (tertiary/aromatic N) is 1. The molecule has 0 bridgehead atoms. The van der Waals surface area contributed by atoms with Crippen LogP contribution in [0.5, 0.6) is 0 Å². The molecule has 1 aliphatic carbocycles. The zero-order valence-electron chi connectivity index (χ0n) is 15.1. The largest absolute Gasteiger partial charge is 0.207 e. The smallest absolute Gasteiger partial charge is 0.144 e. The molecule has 0 spiro atoms. The van der Waals surface area contributed by atoms with E-state index in [1.165, 1.54) is 18.2 Å². The highest BCUT2D eigenvalue weighted by atomic mass is 19.1. The summed E-state index contributed by atoms with van der Waals surface area (Å²) >= 11 is 0. The van der Waals surface area contributed by atoms with Gasteiger partial charge in [0.05, 0.1) is 0 Å². The quantitative estimate of drug-likeness (QED) is 0.588. The van der Waals surface area contributed by atoms with Gasteiger partial charge in [-0.05, 0) is 85.3 Å². The third-order valence-corrected chi connectivity index (χ3v) is 5.60. The van der Waals surface area contributed by atoms with Crippen LogP contribution in [0.4, 0.5) is 13.2 Å². The van der Waals surface area contributed by atoms with Crippen LogP contribution in [0.2, 0.25) is 0 Å². The van der Waals surface area contributed by atoms with Crippen LogP contribution in [0.1, 0.15) is 60.3 Å². The molecule has 2 aromatic carbocycles. The summed E-state index contributed by atoms with van der Waals surface area (Å²) in [5, 5.41) is 8.73. The lowest BCUT2D eigenvalue weighted by Gasteiger charge is -2.29. The molecule has 0 amide bonds. The van der Waals surface area contributed by atoms with Gasteiger partial charge >= 0.3 is 0 Å². The van der Waals surface area contributed by atoms with E-state index in [0.29, 0.717) is 17.9 Å². The number of hydrogen-bond donors (Lipinski definition) is 0. The van der Waals surface area contributed by atoms with Crippen LogP contribution in [-0.2, 0) is 6.42 Å². The van der Waals surface area contributed by atoms with Crippen molar-refractivity contribution >= 4 is 6.08 Å². The highest BCUT2D eigenvalue weighted by molar-refractivity contribution is 5.48. The summed E-state index contributed by atoms with van der Waals surface area (Å²) in [6.45, 7) is 3.66. The van der Waals surface area contributed by atoms with Crippen molar-refractivity contribution in [2.24, 2.45) is 5.92 Å². The molecule has 0 saturated heterocycles. The molecule has 0 aliphatic heterocycles. The molecule has 0 aromatic heterocycles. The molecule has 140 valence electrons. The minimum Gasteiger partial charge on any atom is -0.207 e. The third kappa shape index (κ3) is 4.42. The number of nitriles is 1. The molecule has 0 atom stereocenters. The van der Waals surface area contributed by atoms with E-state index in [2.05, 4.69) is 6.58 Å². The van der Waals surface area contributed by atoms with Crippen LogP contribution in [0.25, 0.3) is 6.08 Å². The molecule has 0 radical (unpaired) electrons. The van der Waals surface area contributed by atoms with E-state index in [1.807, 2.05) is 12.1 Å². The molecule has 4 heteroatoms. The Hall–Kier alpha value is -2.54. The van der Waals surface area contributed by atoms with Crippen LogP contribution < -0.4 is 0 Å². The number of rotatable bonds is 5. The van der Waals surface area contributed by atoms with Gasteiger partial charge in [-0.2, -0.15) is 5.26 Å². The lowest BCUT2D eigenvalue weighted by Crippen LogP contribution is -2.15. The summed E-state index contributed by atoms with van der Waals surface area (Å²) in [6.07, 6.45) is 6.87. The fraction of sp³-hybridized carbons (Fsp3) is 0.348. The number of hydrogen-bond acceptors (Lipinski definition) is 1. The SMILES string of the molecule is C=Cc1ccc(C2CCC(CCc3cc(F)c(C#N)c(F)c3)CC2)c(F)c1. The molecule has 1 fully saturated rings. The lowest BCUT2D eigenvalue weighted by molar-refractivity contribution is 0.306. The first-order valence-electron chi connectivity index (χ1n) is 9.31. The summed E-state index contributed by atoms with van der Waals surface area (Å²) < 4.78 is 41.7. The predicted molar refractivity (Wildman–Crippen MR) is 101 cm³/mol. The van der Waals surface area contributed by atoms with Crippen LogP contribution in [0.3, 0.4) is 0 Å². The number of halogens is 3. The van der Waals surface area contributed by atoms with E-state index >= 15 is 0 Å². The summed E-state index contributed by atoms with van der Waals surface area (Å²) in [5.41, 5.74) is 1.61. The van der Waals surface area contributed by atoms with Crippen LogP contribution >= 0.6 is 0 Å². The predicted octanol–water partition coefficient (Wildman–Crippen LogP) is 6.53. The van der Waals surface area contributed by atoms with Gasteiger partial charge in [-0.25, -0.2) is 13.2 Å². The van der Waals surface area contributed by atoms with Gasteiger partial charge in [-0.15, -0.1) is 0 Å². The molecular formula is C23H22F3N. The molecule has 1 saturated carbocycles. The molecule has 0 N–H and O–H groups in total. The second kappa shape index (κ2) is 8.43. The number of benzene rings is 2. The lowest BCUT2D eigenvalue weighted by atomic mass is 9.76. The Kier molecular flexibility index (Phi) is 6.01. The first kappa shape index (κ1) is 19.2. The molecule has 27 heavy (non-hydrogen) atoms. The van der Waals surface area contributed by atoms with Gasteiger partial charge in [-0.1, -0.05) is 24.8 Å². The number of aryl methyl sites for hydroxylation is 1. The third-order valence-electron chi connectivity index (χ3n) is 5.60. The van der Waals surface area contributed by atoms with Gasteiger partial charge in [0.1, 0.15) is 29.1 Å². The van der Waals surface area contributed by atoms with Crippen molar-refractivity contribution in [2.45, 2.75) is 44.4 Å². The van der Waals surface area contributed by atoms with Crippen LogP contribution in [0, 0.1) is 34.7 Å². The monoisotopic (exact) mass is 369 g/mol. The first-order chi connectivity index (χ1) is 13.0. The minimum atomic E-state index is -0.797. The summed E-state index contributed by atoms with van der Waals surface area (Å²) in [6, 6.07) is 9.34. The van der Waals surface area contributed by atoms with Gasteiger partial charge in [0.15, 0.2) is 0 Å². The Labute approximate surface area is 158 Å². The molecule has 2 aromatic rings. The van der Waals surface area contributed by atoms with Crippen molar-refractivity contribution < 1.29 is 13.2 Å². The summed E-state index contributed by atoms with van der Waals surface area (Å²) in [7, 11) is 0. The van der Waals surface area contributed by atoms with Crippen molar-refractivity contribution in [3.05, 3.63) is 76.6 Å². The fourth-order valence-electron chi connectivity index (χ4n) is 4.01. The van der Waals surface area contributed by atoms with E-state index in [1.54, 1.807) is 12.1 Å². The fourth-order valence-corrected chi connectivity index (χ4v) is 4.01. The van der Waals surface area contributed by atoms with Gasteiger partial charge in [0.25, 0.3) is 0 Å². The minimum absolute atomic E-state index is 0.167. The highest BCUT2D eigenvalue weighted by Gasteiger charge is 2.24. The second-order valence-electron chi connectivity index (χ2n) is 7.29. The van der Waals surface area contributed by atoms with Gasteiger partial charge in [-0.3, -0.25) is 0 Å². The Morgan fingerprint density at radius 3 is 2.22 bits per heavy atom. The molecule has 3 rings (SSSR count). The average Bonchev–Trinajstić information content (AvgIpc) is 2.66. The molecular weight excluding hydrogens is 347 g/mol. The normalized spacial score (nSPS) is 19.5. The van der Waals surface area contributed by atoms with Crippen molar-refractivity contribution in [3.8, 4) is 6.07 Å². The van der Waals surface area contributed by atoms with E-state index in [-0.39, 0.29) is 11.7 Å². The molecule has 1 aliphatic rings. The molecule has 0 heterocycles. The van der Waals surface area contributed by atoms with E-state index < -0.39 is 17.2 Å². The Morgan fingerprint density at radius 2 is 1.67 bits per heavy atom. The maximum Gasteiger partial charge on any atom is 0.144 e. The van der Waals surface area contributed by atoms with Gasteiger partial charge in [0.2, 0.25) is 0 Å². The average molecular weight is 369 g/mol.